The van der Waals surface area contributed by atoms with Gasteiger partial charge in [0.05, 0.1) is 6.67 Å². The molecule has 1 fully saturated rings. The van der Waals surface area contributed by atoms with Crippen molar-refractivity contribution in [1.82, 2.24) is 4.90 Å². The fraction of sp³-hybridized carbons (Fsp3) is 0.216. The Morgan fingerprint density at radius 1 is 0.956 bits per heavy atom. The standard InChI is InChI=1S/C28H28FNO4.C9H8O2/c1-18-25-14-23(32)7-10-26(25)34-28(27(18)21-3-2-4-22(31)13-21)20-5-8-24(9-6-20)33-12-11-30-16-19(15-29)17-30;10-9(11)7-6-8-4-2-1-3-5-8/h2-10,13-14,19,28,31-32H,11-12,15-17H2,1H3;1-7H,(H,10,11)/b;7-6+/t28-;/m1./s1. The van der Waals surface area contributed by atoms with Crippen LogP contribution in [0, 0.1) is 5.92 Å². The number of aliphatic carboxylic acids is 1. The van der Waals surface area contributed by atoms with Crippen LogP contribution in [0.1, 0.15) is 35.3 Å². The first-order valence-electron chi connectivity index (χ1n) is 14.8. The van der Waals surface area contributed by atoms with Gasteiger partial charge in [-0.1, -0.05) is 54.6 Å². The molecule has 0 radical (unpaired) electrons. The zero-order valence-electron chi connectivity index (χ0n) is 25.0. The number of alkyl halides is 1. The smallest absolute Gasteiger partial charge is 0.328 e. The summed E-state index contributed by atoms with van der Waals surface area (Å²) in [5.74, 6) is 1.09. The van der Waals surface area contributed by atoms with Crippen LogP contribution in [0.25, 0.3) is 17.2 Å². The molecule has 0 bridgehead atoms. The van der Waals surface area contributed by atoms with Crippen molar-refractivity contribution < 1.29 is 34.0 Å². The first kappa shape index (κ1) is 31.3. The average molecular weight is 610 g/mol. The molecule has 3 N–H and O–H groups in total. The number of allylic oxidation sites excluding steroid dienone is 1. The molecule has 0 saturated carbocycles. The van der Waals surface area contributed by atoms with Crippen molar-refractivity contribution in [2.24, 2.45) is 5.92 Å². The highest BCUT2D eigenvalue weighted by Gasteiger charge is 2.30. The molecule has 0 unspecified atom stereocenters. The van der Waals surface area contributed by atoms with Gasteiger partial charge in [0, 0.05) is 42.8 Å². The van der Waals surface area contributed by atoms with E-state index >= 15 is 0 Å². The van der Waals surface area contributed by atoms with Crippen molar-refractivity contribution in [3.63, 3.8) is 0 Å². The molecule has 6 rings (SSSR count). The van der Waals surface area contributed by atoms with Gasteiger partial charge in [-0.25, -0.2) is 4.79 Å². The van der Waals surface area contributed by atoms with E-state index in [0.29, 0.717) is 12.4 Å². The molecule has 0 aliphatic carbocycles. The molecule has 2 aliphatic heterocycles. The van der Waals surface area contributed by atoms with Crippen molar-refractivity contribution >= 4 is 23.2 Å². The lowest BCUT2D eigenvalue weighted by molar-refractivity contribution is -0.131. The van der Waals surface area contributed by atoms with E-state index in [1.165, 1.54) is 0 Å². The minimum absolute atomic E-state index is 0.176. The van der Waals surface area contributed by atoms with Crippen LogP contribution in [-0.4, -0.2) is 59.1 Å². The maximum atomic E-state index is 12.6. The van der Waals surface area contributed by atoms with Gasteiger partial charge in [0.2, 0.25) is 0 Å². The largest absolute Gasteiger partial charge is 0.508 e. The third kappa shape index (κ3) is 8.10. The number of carbonyl (C=O) groups is 1. The van der Waals surface area contributed by atoms with Crippen LogP contribution in [0.3, 0.4) is 0 Å². The quantitative estimate of drug-likeness (QED) is 0.172. The number of rotatable bonds is 9. The number of aromatic hydroxyl groups is 2. The van der Waals surface area contributed by atoms with E-state index in [1.807, 2.05) is 73.7 Å². The summed E-state index contributed by atoms with van der Waals surface area (Å²) in [6.07, 6.45) is 2.30. The van der Waals surface area contributed by atoms with Crippen LogP contribution < -0.4 is 9.47 Å². The van der Waals surface area contributed by atoms with Crippen LogP contribution in [0.15, 0.2) is 103 Å². The van der Waals surface area contributed by atoms with Gasteiger partial charge >= 0.3 is 5.97 Å². The second kappa shape index (κ2) is 14.6. The number of phenols is 2. The van der Waals surface area contributed by atoms with E-state index in [0.717, 1.165) is 64.9 Å². The number of halogens is 1. The first-order valence-corrected chi connectivity index (χ1v) is 14.8. The normalized spacial score (nSPS) is 16.3. The Balaban J connectivity index is 0.000000309. The zero-order chi connectivity index (χ0) is 31.8. The number of hydrogen-bond acceptors (Lipinski definition) is 6. The predicted molar refractivity (Wildman–Crippen MR) is 173 cm³/mol. The summed E-state index contributed by atoms with van der Waals surface area (Å²) in [6, 6.07) is 29.4. The van der Waals surface area contributed by atoms with Crippen LogP contribution >= 0.6 is 0 Å². The van der Waals surface area contributed by atoms with E-state index < -0.39 is 5.97 Å². The van der Waals surface area contributed by atoms with Crippen LogP contribution in [-0.2, 0) is 4.79 Å². The molecule has 1 atom stereocenters. The first-order chi connectivity index (χ1) is 21.8. The predicted octanol–water partition coefficient (Wildman–Crippen LogP) is 7.23. The summed E-state index contributed by atoms with van der Waals surface area (Å²) >= 11 is 0. The van der Waals surface area contributed by atoms with Gasteiger partial charge < -0.3 is 24.8 Å². The second-order valence-corrected chi connectivity index (χ2v) is 11.0. The van der Waals surface area contributed by atoms with E-state index in [9.17, 15) is 19.4 Å². The lowest BCUT2D eigenvalue weighted by Crippen LogP contribution is -2.49. The van der Waals surface area contributed by atoms with Gasteiger partial charge in [0.25, 0.3) is 0 Å². The van der Waals surface area contributed by atoms with Gasteiger partial charge in [-0.2, -0.15) is 0 Å². The monoisotopic (exact) mass is 609 g/mol. The number of ether oxygens (including phenoxy) is 2. The fourth-order valence-electron chi connectivity index (χ4n) is 5.44. The minimum Gasteiger partial charge on any atom is -0.508 e. The Morgan fingerprint density at radius 3 is 2.38 bits per heavy atom. The molecule has 0 amide bonds. The Hall–Kier alpha value is -5.08. The summed E-state index contributed by atoms with van der Waals surface area (Å²) in [7, 11) is 0. The number of fused-ring (bicyclic) bond motifs is 1. The average Bonchev–Trinajstić information content (AvgIpc) is 3.02. The van der Waals surface area contributed by atoms with Crippen LogP contribution in [0.2, 0.25) is 0 Å². The summed E-state index contributed by atoms with van der Waals surface area (Å²) in [5, 5.41) is 28.4. The topological polar surface area (TPSA) is 99.5 Å². The number of carboxylic acid groups (broad SMARTS) is 1. The second-order valence-electron chi connectivity index (χ2n) is 11.0. The molecule has 2 heterocycles. The van der Waals surface area contributed by atoms with Gasteiger partial charge in [0.15, 0.2) is 0 Å². The number of phenolic OH excluding ortho intramolecular Hbond substituents is 2. The third-order valence-electron chi connectivity index (χ3n) is 7.76. The number of nitrogens with zero attached hydrogens (tertiary/aromatic N) is 1. The van der Waals surface area contributed by atoms with Crippen LogP contribution in [0.4, 0.5) is 4.39 Å². The maximum absolute atomic E-state index is 12.6. The SMILES string of the molecule is CC1=C(c2cccc(O)c2)[C@@H](c2ccc(OCCN3CC(CF)C3)cc2)Oc2ccc(O)cc21.O=C(O)/C=C/c1ccccc1. The number of carboxylic acids is 1. The van der Waals surface area contributed by atoms with Gasteiger partial charge in [-0.05, 0) is 77.7 Å². The Bertz CT molecular complexity index is 1660. The van der Waals surface area contributed by atoms with Gasteiger partial charge in [-0.3, -0.25) is 9.29 Å². The molecule has 232 valence electrons. The van der Waals surface area contributed by atoms with Crippen molar-refractivity contribution in [3.05, 3.63) is 125 Å². The van der Waals surface area contributed by atoms with Gasteiger partial charge in [-0.15, -0.1) is 0 Å². The maximum Gasteiger partial charge on any atom is 0.328 e. The molecule has 0 spiro atoms. The molecule has 7 nitrogen and oxygen atoms in total. The molecular formula is C37H36FNO6. The van der Waals surface area contributed by atoms with Gasteiger partial charge in [0.1, 0.15) is 35.7 Å². The number of hydrogen-bond donors (Lipinski definition) is 3. The molecule has 8 heteroatoms. The lowest BCUT2D eigenvalue weighted by atomic mass is 9.86. The van der Waals surface area contributed by atoms with Crippen molar-refractivity contribution in [2.45, 2.75) is 13.0 Å². The highest BCUT2D eigenvalue weighted by Crippen LogP contribution is 2.47. The highest BCUT2D eigenvalue weighted by molar-refractivity contribution is 5.96. The summed E-state index contributed by atoms with van der Waals surface area (Å²) in [5.41, 5.74) is 5.46. The highest BCUT2D eigenvalue weighted by atomic mass is 19.1. The van der Waals surface area contributed by atoms with E-state index in [2.05, 4.69) is 4.90 Å². The summed E-state index contributed by atoms with van der Waals surface area (Å²) < 4.78 is 24.9. The lowest BCUT2D eigenvalue weighted by Gasteiger charge is -2.37. The number of likely N-dealkylation sites (tertiary alicyclic amines) is 1. The Morgan fingerprint density at radius 2 is 1.69 bits per heavy atom. The third-order valence-corrected chi connectivity index (χ3v) is 7.76. The summed E-state index contributed by atoms with van der Waals surface area (Å²) in [6.45, 7) is 4.72. The van der Waals surface area contributed by atoms with E-state index in [4.69, 9.17) is 14.6 Å². The van der Waals surface area contributed by atoms with Crippen molar-refractivity contribution in [1.29, 1.82) is 0 Å². The van der Waals surface area contributed by atoms with E-state index in [1.54, 1.807) is 36.4 Å². The minimum atomic E-state index is -0.922. The molecule has 4 aromatic rings. The molecule has 2 aliphatic rings. The molecule has 45 heavy (non-hydrogen) atoms. The van der Waals surface area contributed by atoms with Crippen LogP contribution in [0.5, 0.6) is 23.0 Å². The fourth-order valence-corrected chi connectivity index (χ4v) is 5.44. The molecule has 1 saturated heterocycles. The Labute approximate surface area is 262 Å². The van der Waals surface area contributed by atoms with Crippen molar-refractivity contribution in [3.8, 4) is 23.0 Å². The number of benzene rings is 4. The molecule has 4 aromatic carbocycles. The van der Waals surface area contributed by atoms with E-state index in [-0.39, 0.29) is 30.2 Å². The molecule has 0 aromatic heterocycles. The summed E-state index contributed by atoms with van der Waals surface area (Å²) in [4.78, 5) is 12.3. The molecular weight excluding hydrogens is 573 g/mol. The van der Waals surface area contributed by atoms with Crippen molar-refractivity contribution in [2.75, 3.05) is 32.9 Å². The zero-order valence-corrected chi connectivity index (χ0v) is 25.0. The Kier molecular flexibility index (Phi) is 10.2.